The maximum absolute atomic E-state index is 12.7. The van der Waals surface area contributed by atoms with E-state index in [1.54, 1.807) is 0 Å². The van der Waals surface area contributed by atoms with Crippen LogP contribution in [0, 0.1) is 0 Å². The minimum atomic E-state index is -1.15. The summed E-state index contributed by atoms with van der Waals surface area (Å²) in [7, 11) is 0. The highest BCUT2D eigenvalue weighted by Gasteiger charge is 2.21. The summed E-state index contributed by atoms with van der Waals surface area (Å²) in [4.78, 5) is 0.824. The Morgan fingerprint density at radius 1 is 0.900 bits per heavy atom. The Labute approximate surface area is 130 Å². The van der Waals surface area contributed by atoms with E-state index >= 15 is 0 Å². The number of hydrogen-bond acceptors (Lipinski definition) is 2. The molecule has 3 aromatic rings. The molecule has 0 saturated heterocycles. The molecule has 0 amide bonds. The van der Waals surface area contributed by atoms with Crippen molar-refractivity contribution in [3.05, 3.63) is 71.1 Å². The highest BCUT2D eigenvalue weighted by Crippen LogP contribution is 2.35. The maximum atomic E-state index is 12.7. The molecule has 1 nitrogen and oxygen atoms in total. The van der Waals surface area contributed by atoms with Gasteiger partial charge in [-0.25, -0.2) is 0 Å². The van der Waals surface area contributed by atoms with Gasteiger partial charge in [-0.15, -0.1) is 0 Å². The van der Waals surface area contributed by atoms with Crippen molar-refractivity contribution in [2.24, 2.45) is 0 Å². The molecule has 0 radical (unpaired) electrons. The van der Waals surface area contributed by atoms with Gasteiger partial charge in [0.2, 0.25) is 4.21 Å². The molecule has 0 N–H and O–H groups in total. The third kappa shape index (κ3) is 2.76. The van der Waals surface area contributed by atoms with Crippen LogP contribution in [0.1, 0.15) is 0 Å². The van der Waals surface area contributed by atoms with E-state index in [0.717, 1.165) is 20.2 Å². The van der Waals surface area contributed by atoms with E-state index in [1.165, 1.54) is 11.3 Å². The molecule has 4 heteroatoms. The van der Waals surface area contributed by atoms with Crippen LogP contribution in [0.2, 0.25) is 5.02 Å². The molecule has 2 aromatic carbocycles. The van der Waals surface area contributed by atoms with Gasteiger partial charge in [0, 0.05) is 21.8 Å². The van der Waals surface area contributed by atoms with E-state index in [2.05, 4.69) is 0 Å². The maximum Gasteiger partial charge on any atom is 0.220 e. The molecule has 0 spiro atoms. The van der Waals surface area contributed by atoms with Gasteiger partial charge in [0.15, 0.2) is 4.90 Å². The molecule has 0 aliphatic carbocycles. The summed E-state index contributed by atoms with van der Waals surface area (Å²) in [5.74, 6) is 0. The molecular formula is C16H11ClOS2. The number of rotatable bonds is 3. The zero-order valence-corrected chi connectivity index (χ0v) is 12.8. The number of thiophene rings is 1. The van der Waals surface area contributed by atoms with E-state index < -0.39 is 11.2 Å². The van der Waals surface area contributed by atoms with E-state index in [0.29, 0.717) is 5.02 Å². The average Bonchev–Trinajstić information content (AvgIpc) is 2.97. The van der Waals surface area contributed by atoms with Crippen LogP contribution in [0.5, 0.6) is 0 Å². The first-order chi connectivity index (χ1) is 9.75. The first-order valence-electron chi connectivity index (χ1n) is 6.06. The van der Waals surface area contributed by atoms with Crippen molar-refractivity contribution in [3.8, 4) is 11.1 Å². The van der Waals surface area contributed by atoms with E-state index in [9.17, 15) is 4.55 Å². The van der Waals surface area contributed by atoms with E-state index in [1.807, 2.05) is 66.0 Å². The second-order valence-electron chi connectivity index (χ2n) is 4.21. The molecule has 1 heterocycles. The van der Waals surface area contributed by atoms with Crippen molar-refractivity contribution in [1.29, 1.82) is 0 Å². The first kappa shape index (κ1) is 13.7. The fourth-order valence-electron chi connectivity index (χ4n) is 1.93. The standard InChI is InChI=1S/C16H11ClOS2/c17-13-8-6-12(7-9-13)15-10-11-19-16(15)20(18)14-4-2-1-3-5-14/h1-11H. The third-order valence-electron chi connectivity index (χ3n) is 2.91. The fourth-order valence-corrected chi connectivity index (χ4v) is 4.51. The highest BCUT2D eigenvalue weighted by atomic mass is 35.5. The molecule has 0 aliphatic rings. The van der Waals surface area contributed by atoms with Gasteiger partial charge in [-0.2, -0.15) is 0 Å². The second-order valence-corrected chi connectivity index (χ2v) is 7.24. The van der Waals surface area contributed by atoms with Gasteiger partial charge in [0.05, 0.1) is 0 Å². The molecule has 100 valence electrons. The van der Waals surface area contributed by atoms with Gasteiger partial charge < -0.3 is 4.55 Å². The summed E-state index contributed by atoms with van der Waals surface area (Å²) in [5.41, 5.74) is 2.05. The molecule has 1 aromatic heterocycles. The Balaban J connectivity index is 2.00. The van der Waals surface area contributed by atoms with Crippen molar-refractivity contribution < 1.29 is 4.55 Å². The fraction of sp³-hybridized carbons (Fsp3) is 0. The molecule has 3 rings (SSSR count). The van der Waals surface area contributed by atoms with Crippen molar-refractivity contribution in [2.45, 2.75) is 9.10 Å². The minimum absolute atomic E-state index is 0.703. The van der Waals surface area contributed by atoms with Gasteiger partial charge in [-0.3, -0.25) is 0 Å². The van der Waals surface area contributed by atoms with Crippen LogP contribution in [0.4, 0.5) is 0 Å². The molecular weight excluding hydrogens is 308 g/mol. The van der Waals surface area contributed by atoms with Gasteiger partial charge in [0.25, 0.3) is 0 Å². The second kappa shape index (κ2) is 6.02. The monoisotopic (exact) mass is 318 g/mol. The van der Waals surface area contributed by atoms with Crippen LogP contribution in [0.15, 0.2) is 75.1 Å². The molecule has 0 saturated carbocycles. The lowest BCUT2D eigenvalue weighted by molar-refractivity contribution is 0.597. The Morgan fingerprint density at radius 3 is 2.30 bits per heavy atom. The third-order valence-corrected chi connectivity index (χ3v) is 5.87. The molecule has 1 atom stereocenters. The lowest BCUT2D eigenvalue weighted by atomic mass is 10.1. The molecule has 0 bridgehead atoms. The minimum Gasteiger partial charge on any atom is -0.606 e. The first-order valence-corrected chi connectivity index (χ1v) is 8.47. The summed E-state index contributed by atoms with van der Waals surface area (Å²) in [6.45, 7) is 0. The Morgan fingerprint density at radius 2 is 1.60 bits per heavy atom. The summed E-state index contributed by atoms with van der Waals surface area (Å²) in [5, 5.41) is 2.68. The summed E-state index contributed by atoms with van der Waals surface area (Å²) in [6, 6.07) is 19.1. The van der Waals surface area contributed by atoms with Gasteiger partial charge in [-0.05, 0) is 41.3 Å². The summed E-state index contributed by atoms with van der Waals surface area (Å²) < 4.78 is 13.5. The molecule has 0 aliphatic heterocycles. The van der Waals surface area contributed by atoms with E-state index in [4.69, 9.17) is 11.6 Å². The lowest BCUT2D eigenvalue weighted by Gasteiger charge is -2.10. The smallest absolute Gasteiger partial charge is 0.220 e. The highest BCUT2D eigenvalue weighted by molar-refractivity contribution is 7.93. The van der Waals surface area contributed by atoms with Crippen LogP contribution in [-0.4, -0.2) is 4.55 Å². The topological polar surface area (TPSA) is 23.1 Å². The van der Waals surface area contributed by atoms with E-state index in [-0.39, 0.29) is 0 Å². The predicted molar refractivity (Wildman–Crippen MR) is 85.9 cm³/mol. The number of benzene rings is 2. The normalized spacial score (nSPS) is 12.3. The van der Waals surface area contributed by atoms with Crippen LogP contribution >= 0.6 is 22.9 Å². The largest absolute Gasteiger partial charge is 0.606 e. The van der Waals surface area contributed by atoms with Gasteiger partial charge in [0.1, 0.15) is 0 Å². The number of halogens is 1. The zero-order chi connectivity index (χ0) is 13.9. The van der Waals surface area contributed by atoms with Crippen molar-refractivity contribution in [3.63, 3.8) is 0 Å². The molecule has 1 unspecified atom stereocenters. The van der Waals surface area contributed by atoms with Crippen LogP contribution < -0.4 is 0 Å². The van der Waals surface area contributed by atoms with Crippen molar-refractivity contribution >= 4 is 34.1 Å². The SMILES string of the molecule is [O-][S+](c1ccccc1)c1sccc1-c1ccc(Cl)cc1. The Bertz CT molecular complexity index is 692. The van der Waals surface area contributed by atoms with Crippen LogP contribution in [0.25, 0.3) is 11.1 Å². The summed E-state index contributed by atoms with van der Waals surface area (Å²) >= 11 is 6.28. The Hall–Kier alpha value is -1.26. The molecule has 0 fully saturated rings. The quantitative estimate of drug-likeness (QED) is 0.606. The average molecular weight is 319 g/mol. The van der Waals surface area contributed by atoms with Crippen molar-refractivity contribution in [1.82, 2.24) is 0 Å². The van der Waals surface area contributed by atoms with Gasteiger partial charge in [-0.1, -0.05) is 53.3 Å². The predicted octanol–water partition coefficient (Wildman–Crippen LogP) is 5.24. The Kier molecular flexibility index (Phi) is 4.13. The summed E-state index contributed by atoms with van der Waals surface area (Å²) in [6.07, 6.45) is 0. The lowest BCUT2D eigenvalue weighted by Crippen LogP contribution is -2.00. The van der Waals surface area contributed by atoms with Gasteiger partial charge >= 0.3 is 0 Å². The van der Waals surface area contributed by atoms with Crippen LogP contribution in [0.3, 0.4) is 0 Å². The van der Waals surface area contributed by atoms with Crippen molar-refractivity contribution in [2.75, 3.05) is 0 Å². The number of hydrogen-bond donors (Lipinski definition) is 0. The zero-order valence-electron chi connectivity index (χ0n) is 10.5. The molecule has 20 heavy (non-hydrogen) atoms. The van der Waals surface area contributed by atoms with Crippen LogP contribution in [-0.2, 0) is 11.2 Å².